The molecule has 1 N–H and O–H groups in total. The van der Waals surface area contributed by atoms with Crippen LogP contribution in [0.2, 0.25) is 0 Å². The molecule has 0 amide bonds. The Morgan fingerprint density at radius 1 is 1.19 bits per heavy atom. The van der Waals surface area contributed by atoms with Crippen molar-refractivity contribution < 1.29 is 9.47 Å². The van der Waals surface area contributed by atoms with Crippen molar-refractivity contribution in [1.82, 2.24) is 9.97 Å². The average molecular weight is 426 g/mol. The van der Waals surface area contributed by atoms with Gasteiger partial charge in [-0.25, -0.2) is 4.98 Å². The van der Waals surface area contributed by atoms with Gasteiger partial charge in [0.25, 0.3) is 0 Å². The number of ether oxygens (including phenoxy) is 2. The Hall–Kier alpha value is -2.78. The van der Waals surface area contributed by atoms with Crippen molar-refractivity contribution >= 4 is 38.6 Å². The van der Waals surface area contributed by atoms with E-state index in [0.717, 1.165) is 26.6 Å². The molecule has 0 spiro atoms. The normalized spacial score (nSPS) is 11.4. The Morgan fingerprint density at radius 3 is 2.56 bits per heavy atom. The zero-order valence-electron chi connectivity index (χ0n) is 15.5. The highest BCUT2D eigenvalue weighted by atomic mass is 79.9. The molecule has 1 heterocycles. The van der Waals surface area contributed by atoms with Gasteiger partial charge in [-0.1, -0.05) is 22.0 Å². The largest absolute Gasteiger partial charge is 0.490 e. The molecule has 0 bridgehead atoms. The number of aromatic nitrogens is 2. The summed E-state index contributed by atoms with van der Waals surface area (Å²) in [6.07, 6.45) is 1.78. The van der Waals surface area contributed by atoms with Gasteiger partial charge in [0.15, 0.2) is 11.5 Å². The first-order chi connectivity index (χ1) is 13.0. The number of aromatic amines is 1. The van der Waals surface area contributed by atoms with Crippen molar-refractivity contribution in [3.8, 4) is 17.6 Å². The van der Waals surface area contributed by atoms with Crippen LogP contribution in [0.15, 0.2) is 34.8 Å². The summed E-state index contributed by atoms with van der Waals surface area (Å²) >= 11 is 3.56. The van der Waals surface area contributed by atoms with E-state index in [9.17, 15) is 5.26 Å². The highest BCUT2D eigenvalue weighted by Gasteiger charge is 2.13. The van der Waals surface area contributed by atoms with Crippen LogP contribution in [-0.2, 0) is 0 Å². The van der Waals surface area contributed by atoms with Crippen LogP contribution in [0.25, 0.3) is 22.7 Å². The van der Waals surface area contributed by atoms with Crippen molar-refractivity contribution in [2.45, 2.75) is 20.8 Å². The molecule has 0 aliphatic rings. The molecule has 0 aliphatic carbocycles. The average Bonchev–Trinajstić information content (AvgIpc) is 3.06. The molecule has 2 aromatic carbocycles. The lowest BCUT2D eigenvalue weighted by molar-refractivity contribution is 0.287. The van der Waals surface area contributed by atoms with E-state index in [1.165, 1.54) is 0 Å². The number of aryl methyl sites for hydroxylation is 1. The lowest BCUT2D eigenvalue weighted by atomic mass is 10.1. The summed E-state index contributed by atoms with van der Waals surface area (Å²) in [4.78, 5) is 7.76. The van der Waals surface area contributed by atoms with E-state index in [-0.39, 0.29) is 0 Å². The van der Waals surface area contributed by atoms with Gasteiger partial charge in [0, 0.05) is 4.47 Å². The third-order valence-corrected chi connectivity index (χ3v) is 4.66. The zero-order valence-corrected chi connectivity index (χ0v) is 17.1. The Kier molecular flexibility index (Phi) is 5.82. The third kappa shape index (κ3) is 4.15. The molecule has 5 nitrogen and oxygen atoms in total. The van der Waals surface area contributed by atoms with Crippen LogP contribution in [0.1, 0.15) is 30.8 Å². The van der Waals surface area contributed by atoms with Crippen LogP contribution < -0.4 is 9.47 Å². The van der Waals surface area contributed by atoms with Gasteiger partial charge in [-0.15, -0.1) is 0 Å². The van der Waals surface area contributed by atoms with Crippen molar-refractivity contribution in [2.75, 3.05) is 13.2 Å². The molecular formula is C21H20BrN3O2. The van der Waals surface area contributed by atoms with Crippen molar-refractivity contribution in [1.29, 1.82) is 5.26 Å². The molecule has 0 atom stereocenters. The van der Waals surface area contributed by atoms with Gasteiger partial charge in [0.2, 0.25) is 0 Å². The number of nitrogens with zero attached hydrogens (tertiary/aromatic N) is 2. The highest BCUT2D eigenvalue weighted by Crippen LogP contribution is 2.35. The lowest BCUT2D eigenvalue weighted by Gasteiger charge is -2.13. The van der Waals surface area contributed by atoms with Crippen LogP contribution in [0.3, 0.4) is 0 Å². The number of halogens is 1. The van der Waals surface area contributed by atoms with Crippen LogP contribution >= 0.6 is 15.9 Å². The molecule has 0 aliphatic heterocycles. The van der Waals surface area contributed by atoms with E-state index >= 15 is 0 Å². The van der Waals surface area contributed by atoms with Gasteiger partial charge in [-0.3, -0.25) is 0 Å². The fourth-order valence-corrected chi connectivity index (χ4v) is 3.20. The predicted molar refractivity (Wildman–Crippen MR) is 111 cm³/mol. The highest BCUT2D eigenvalue weighted by molar-refractivity contribution is 9.10. The molecule has 0 saturated heterocycles. The first kappa shape index (κ1) is 19.0. The van der Waals surface area contributed by atoms with Gasteiger partial charge >= 0.3 is 0 Å². The molecule has 138 valence electrons. The zero-order chi connectivity index (χ0) is 19.4. The Balaban J connectivity index is 2.06. The van der Waals surface area contributed by atoms with Gasteiger partial charge in [0.05, 0.1) is 29.8 Å². The lowest BCUT2D eigenvalue weighted by Crippen LogP contribution is -1.99. The third-order valence-electron chi connectivity index (χ3n) is 3.98. The Morgan fingerprint density at radius 2 is 1.89 bits per heavy atom. The fraction of sp³-hybridized carbons (Fsp3) is 0.238. The molecule has 0 unspecified atom stereocenters. The first-order valence-corrected chi connectivity index (χ1v) is 9.52. The number of rotatable bonds is 6. The summed E-state index contributed by atoms with van der Waals surface area (Å²) in [7, 11) is 0. The molecule has 0 radical (unpaired) electrons. The maximum Gasteiger partial charge on any atom is 0.162 e. The maximum atomic E-state index is 9.67. The van der Waals surface area contributed by atoms with Crippen molar-refractivity contribution in [3.63, 3.8) is 0 Å². The number of benzene rings is 2. The standard InChI is InChI=1S/C21H20BrN3O2/c1-4-26-19-10-14(16(22)11-20(19)27-5-2)9-15(12-23)21-24-17-7-6-13(3)8-18(17)25-21/h6-11H,4-5H2,1-3H3,(H,24,25). The summed E-state index contributed by atoms with van der Waals surface area (Å²) in [5, 5.41) is 9.67. The topological polar surface area (TPSA) is 70.9 Å². The minimum absolute atomic E-state index is 0.441. The minimum atomic E-state index is 0.441. The number of hydrogen-bond acceptors (Lipinski definition) is 4. The van der Waals surface area contributed by atoms with Gasteiger partial charge in [0.1, 0.15) is 11.9 Å². The number of allylic oxidation sites excluding steroid dienone is 1. The molecule has 0 saturated carbocycles. The van der Waals surface area contributed by atoms with Gasteiger partial charge in [-0.05, 0) is 62.2 Å². The molecule has 6 heteroatoms. The summed E-state index contributed by atoms with van der Waals surface area (Å²) in [6.45, 7) is 6.94. The second kappa shape index (κ2) is 8.28. The van der Waals surface area contributed by atoms with Crippen LogP contribution in [0, 0.1) is 18.3 Å². The number of imidazole rings is 1. The van der Waals surface area contributed by atoms with E-state index < -0.39 is 0 Å². The Labute approximate surface area is 166 Å². The number of nitriles is 1. The number of fused-ring (bicyclic) bond motifs is 1. The number of H-pyrrole nitrogens is 1. The van der Waals surface area contributed by atoms with E-state index in [1.54, 1.807) is 6.08 Å². The summed E-state index contributed by atoms with van der Waals surface area (Å²) in [5.41, 5.74) is 4.13. The summed E-state index contributed by atoms with van der Waals surface area (Å²) < 4.78 is 12.1. The van der Waals surface area contributed by atoms with Crippen molar-refractivity contribution in [2.24, 2.45) is 0 Å². The second-order valence-corrected chi connectivity index (χ2v) is 6.82. The summed E-state index contributed by atoms with van der Waals surface area (Å²) in [6, 6.07) is 11.9. The first-order valence-electron chi connectivity index (χ1n) is 8.73. The number of nitrogens with one attached hydrogen (secondary N) is 1. The maximum absolute atomic E-state index is 9.67. The SMILES string of the molecule is CCOc1cc(Br)c(C=C(C#N)c2nc3ccc(C)cc3[nH]2)cc1OCC. The van der Waals surface area contributed by atoms with Crippen LogP contribution in [0.4, 0.5) is 0 Å². The molecule has 27 heavy (non-hydrogen) atoms. The second-order valence-electron chi connectivity index (χ2n) is 5.96. The van der Waals surface area contributed by atoms with E-state index in [1.807, 2.05) is 51.1 Å². The fourth-order valence-electron chi connectivity index (χ4n) is 2.76. The van der Waals surface area contributed by atoms with Gasteiger partial charge in [-0.2, -0.15) is 5.26 Å². The molecule has 0 fully saturated rings. The quantitative estimate of drug-likeness (QED) is 0.529. The molecule has 3 aromatic rings. The van der Waals surface area contributed by atoms with Gasteiger partial charge < -0.3 is 14.5 Å². The smallest absolute Gasteiger partial charge is 0.162 e. The van der Waals surface area contributed by atoms with Crippen LogP contribution in [0.5, 0.6) is 11.5 Å². The molecule has 3 rings (SSSR count). The van der Waals surface area contributed by atoms with E-state index in [2.05, 4.69) is 32.0 Å². The summed E-state index contributed by atoms with van der Waals surface area (Å²) in [5.74, 6) is 1.85. The molecular weight excluding hydrogens is 406 g/mol. The van der Waals surface area contributed by atoms with E-state index in [0.29, 0.717) is 36.1 Å². The van der Waals surface area contributed by atoms with Crippen LogP contribution in [-0.4, -0.2) is 23.2 Å². The monoisotopic (exact) mass is 425 g/mol. The number of hydrogen-bond donors (Lipinski definition) is 1. The predicted octanol–water partition coefficient (Wildman–Crippen LogP) is 5.50. The minimum Gasteiger partial charge on any atom is -0.490 e. The molecule has 1 aromatic heterocycles. The van der Waals surface area contributed by atoms with Crippen molar-refractivity contribution in [3.05, 3.63) is 51.8 Å². The Bertz CT molecular complexity index is 1050. The van der Waals surface area contributed by atoms with E-state index in [4.69, 9.17) is 9.47 Å².